The third-order valence-electron chi connectivity index (χ3n) is 4.95. The number of amides is 1. The van der Waals surface area contributed by atoms with Crippen LogP contribution in [0, 0.1) is 6.92 Å². The zero-order chi connectivity index (χ0) is 18.5. The van der Waals surface area contributed by atoms with E-state index < -0.39 is 0 Å². The molecule has 1 N–H and O–H groups in total. The zero-order valence-corrected chi connectivity index (χ0v) is 15.7. The van der Waals surface area contributed by atoms with Crippen molar-refractivity contribution in [2.45, 2.75) is 45.8 Å². The lowest BCUT2D eigenvalue weighted by Crippen LogP contribution is -2.29. The summed E-state index contributed by atoms with van der Waals surface area (Å²) in [5.74, 6) is 0.358. The van der Waals surface area contributed by atoms with E-state index in [9.17, 15) is 4.79 Å². The highest BCUT2D eigenvalue weighted by atomic mass is 16.5. The van der Waals surface area contributed by atoms with Crippen molar-refractivity contribution in [3.8, 4) is 0 Å². The number of benzene rings is 1. The molecule has 6 heteroatoms. The number of carbonyl (C=O) groups is 1. The van der Waals surface area contributed by atoms with Crippen molar-refractivity contribution in [1.29, 1.82) is 0 Å². The molecule has 2 aromatic rings. The van der Waals surface area contributed by atoms with Crippen LogP contribution in [0.4, 0.5) is 5.69 Å². The van der Waals surface area contributed by atoms with Gasteiger partial charge in [-0.25, -0.2) is 0 Å². The van der Waals surface area contributed by atoms with Crippen LogP contribution >= 0.6 is 0 Å². The molecule has 2 heterocycles. The van der Waals surface area contributed by atoms with Gasteiger partial charge in [0.2, 0.25) is 0 Å². The van der Waals surface area contributed by atoms with Gasteiger partial charge in [0.05, 0.1) is 18.2 Å². The fourth-order valence-corrected chi connectivity index (χ4v) is 3.36. The largest absolute Gasteiger partial charge is 0.380 e. The van der Waals surface area contributed by atoms with Crippen LogP contribution < -0.4 is 10.2 Å². The zero-order valence-electron chi connectivity index (χ0n) is 15.7. The Balaban J connectivity index is 1.66. The molecule has 0 aliphatic carbocycles. The van der Waals surface area contributed by atoms with Crippen LogP contribution in [0.15, 0.2) is 28.8 Å². The quantitative estimate of drug-likeness (QED) is 0.855. The Morgan fingerprint density at radius 1 is 1.27 bits per heavy atom. The van der Waals surface area contributed by atoms with Crippen molar-refractivity contribution >= 4 is 11.6 Å². The molecule has 6 nitrogen and oxygen atoms in total. The van der Waals surface area contributed by atoms with Crippen molar-refractivity contribution in [2.75, 3.05) is 25.1 Å². The minimum Gasteiger partial charge on any atom is -0.380 e. The van der Waals surface area contributed by atoms with Gasteiger partial charge >= 0.3 is 0 Å². The van der Waals surface area contributed by atoms with E-state index in [0.29, 0.717) is 23.6 Å². The maximum absolute atomic E-state index is 12.6. The molecule has 0 radical (unpaired) electrons. The minimum absolute atomic E-state index is 0.120. The van der Waals surface area contributed by atoms with E-state index in [1.165, 1.54) is 24.9 Å². The molecule has 3 rings (SSSR count). The van der Waals surface area contributed by atoms with Crippen molar-refractivity contribution in [2.24, 2.45) is 0 Å². The second-order valence-corrected chi connectivity index (χ2v) is 6.83. The maximum Gasteiger partial charge on any atom is 0.274 e. The number of ether oxygens (including phenoxy) is 1. The predicted molar refractivity (Wildman–Crippen MR) is 100 cm³/mol. The predicted octanol–water partition coefficient (Wildman–Crippen LogP) is 3.61. The Hall–Kier alpha value is -2.34. The molecule has 1 atom stereocenters. The normalized spacial score (nSPS) is 15.7. The van der Waals surface area contributed by atoms with Crippen LogP contribution in [0.3, 0.4) is 0 Å². The first kappa shape index (κ1) is 18.5. The van der Waals surface area contributed by atoms with E-state index in [1.807, 2.05) is 6.92 Å². The Kier molecular flexibility index (Phi) is 5.93. The molecule has 0 unspecified atom stereocenters. The summed E-state index contributed by atoms with van der Waals surface area (Å²) < 4.78 is 10.3. The SMILES string of the molecule is COCc1c(C(=O)N[C@@H](C)c2ccc(N3CCCCC3)cc2)noc1C. The Morgan fingerprint density at radius 3 is 2.62 bits per heavy atom. The summed E-state index contributed by atoms with van der Waals surface area (Å²) in [6, 6.07) is 8.32. The number of carbonyl (C=O) groups excluding carboxylic acids is 1. The molecule has 140 valence electrons. The van der Waals surface area contributed by atoms with Gasteiger partial charge in [0.15, 0.2) is 5.69 Å². The number of rotatable bonds is 6. The van der Waals surface area contributed by atoms with Crippen LogP contribution in [-0.2, 0) is 11.3 Å². The second kappa shape index (κ2) is 8.36. The van der Waals surface area contributed by atoms with Gasteiger partial charge in [-0.05, 0) is 50.8 Å². The number of aromatic nitrogens is 1. The van der Waals surface area contributed by atoms with E-state index in [4.69, 9.17) is 9.26 Å². The maximum atomic E-state index is 12.6. The standard InChI is InChI=1S/C20H27N3O3/c1-14(21-20(24)19-18(13-25-3)15(2)26-22-19)16-7-9-17(10-8-16)23-11-5-4-6-12-23/h7-10,14H,4-6,11-13H2,1-3H3,(H,21,24)/t14-/m0/s1. The molecular weight excluding hydrogens is 330 g/mol. The van der Waals surface area contributed by atoms with Crippen LogP contribution in [0.25, 0.3) is 0 Å². The highest BCUT2D eigenvalue weighted by Crippen LogP contribution is 2.23. The number of hydrogen-bond acceptors (Lipinski definition) is 5. The van der Waals surface area contributed by atoms with Gasteiger partial charge in [0.25, 0.3) is 5.91 Å². The summed E-state index contributed by atoms with van der Waals surface area (Å²) in [7, 11) is 1.58. The number of nitrogens with one attached hydrogen (secondary N) is 1. The van der Waals surface area contributed by atoms with Crippen molar-refractivity contribution in [1.82, 2.24) is 10.5 Å². The fraction of sp³-hybridized carbons (Fsp3) is 0.500. The highest BCUT2D eigenvalue weighted by molar-refractivity contribution is 5.94. The van der Waals surface area contributed by atoms with E-state index in [-0.39, 0.29) is 11.9 Å². The molecule has 0 saturated carbocycles. The van der Waals surface area contributed by atoms with Gasteiger partial charge < -0.3 is 19.5 Å². The first-order valence-corrected chi connectivity index (χ1v) is 9.20. The third-order valence-corrected chi connectivity index (χ3v) is 4.95. The summed E-state index contributed by atoms with van der Waals surface area (Å²) in [6.45, 7) is 6.30. The first-order valence-electron chi connectivity index (χ1n) is 9.20. The number of hydrogen-bond donors (Lipinski definition) is 1. The average Bonchev–Trinajstić information content (AvgIpc) is 3.03. The summed E-state index contributed by atoms with van der Waals surface area (Å²) >= 11 is 0. The van der Waals surface area contributed by atoms with Crippen molar-refractivity contribution < 1.29 is 14.1 Å². The first-order chi connectivity index (χ1) is 12.6. The molecule has 0 bridgehead atoms. The minimum atomic E-state index is -0.249. The van der Waals surface area contributed by atoms with Gasteiger partial charge in [-0.1, -0.05) is 17.3 Å². The number of piperidine rings is 1. The number of nitrogens with zero attached hydrogens (tertiary/aromatic N) is 2. The van der Waals surface area contributed by atoms with Crippen LogP contribution in [0.5, 0.6) is 0 Å². The van der Waals surface area contributed by atoms with Gasteiger partial charge in [-0.2, -0.15) is 0 Å². The molecule has 1 aliphatic heterocycles. The van der Waals surface area contributed by atoms with Gasteiger partial charge in [0.1, 0.15) is 5.76 Å². The lowest BCUT2D eigenvalue weighted by Gasteiger charge is -2.29. The topological polar surface area (TPSA) is 67.6 Å². The molecule has 26 heavy (non-hydrogen) atoms. The number of anilines is 1. The molecule has 1 aliphatic rings. The molecule has 1 aromatic heterocycles. The fourth-order valence-electron chi connectivity index (χ4n) is 3.36. The van der Waals surface area contributed by atoms with Crippen LogP contribution in [-0.4, -0.2) is 31.3 Å². The number of methoxy groups -OCH3 is 1. The molecule has 1 saturated heterocycles. The summed E-state index contributed by atoms with van der Waals surface area (Å²) in [5, 5.41) is 6.88. The van der Waals surface area contributed by atoms with E-state index in [2.05, 4.69) is 39.6 Å². The smallest absolute Gasteiger partial charge is 0.274 e. The summed E-state index contributed by atoms with van der Waals surface area (Å²) in [5.41, 5.74) is 3.30. The highest BCUT2D eigenvalue weighted by Gasteiger charge is 2.21. The van der Waals surface area contributed by atoms with E-state index in [1.54, 1.807) is 14.0 Å². The molecule has 1 aromatic carbocycles. The molecule has 1 fully saturated rings. The molecule has 1 amide bonds. The molecule has 0 spiro atoms. The lowest BCUT2D eigenvalue weighted by molar-refractivity contribution is 0.0926. The van der Waals surface area contributed by atoms with Gasteiger partial charge in [0, 0.05) is 25.9 Å². The van der Waals surface area contributed by atoms with Crippen LogP contribution in [0.2, 0.25) is 0 Å². The third kappa shape index (κ3) is 4.07. The Morgan fingerprint density at radius 2 is 1.96 bits per heavy atom. The Labute approximate surface area is 154 Å². The Bertz CT molecular complexity index is 733. The van der Waals surface area contributed by atoms with Gasteiger partial charge in [-0.3, -0.25) is 4.79 Å². The summed E-state index contributed by atoms with van der Waals surface area (Å²) in [4.78, 5) is 15.0. The van der Waals surface area contributed by atoms with E-state index in [0.717, 1.165) is 18.7 Å². The number of aryl methyl sites for hydroxylation is 1. The average molecular weight is 357 g/mol. The van der Waals surface area contributed by atoms with Crippen molar-refractivity contribution in [3.05, 3.63) is 46.8 Å². The second-order valence-electron chi connectivity index (χ2n) is 6.83. The van der Waals surface area contributed by atoms with Crippen molar-refractivity contribution in [3.63, 3.8) is 0 Å². The van der Waals surface area contributed by atoms with Crippen LogP contribution in [0.1, 0.15) is 59.6 Å². The molecular formula is C20H27N3O3. The van der Waals surface area contributed by atoms with Gasteiger partial charge in [-0.15, -0.1) is 0 Å². The lowest BCUT2D eigenvalue weighted by atomic mass is 10.1. The van der Waals surface area contributed by atoms with E-state index >= 15 is 0 Å². The monoisotopic (exact) mass is 357 g/mol. The summed E-state index contributed by atoms with van der Waals surface area (Å²) in [6.07, 6.45) is 3.84.